The number of fused-ring (bicyclic) bond motifs is 1. The van der Waals surface area contributed by atoms with Crippen LogP contribution in [0.1, 0.15) is 22.3 Å². The number of rotatable bonds is 8. The lowest BCUT2D eigenvalue weighted by molar-refractivity contribution is 0.0952. The summed E-state index contributed by atoms with van der Waals surface area (Å²) in [6.07, 6.45) is 0.934. The Labute approximate surface area is 160 Å². The highest BCUT2D eigenvalue weighted by Crippen LogP contribution is 2.21. The van der Waals surface area contributed by atoms with Crippen LogP contribution in [0.2, 0.25) is 0 Å². The fraction of sp³-hybridized carbons (Fsp3) is 0.261. The molecule has 27 heavy (non-hydrogen) atoms. The normalized spacial score (nSPS) is 10.9. The molecule has 0 saturated carbocycles. The molecular weight excluding hydrogens is 336 g/mol. The van der Waals surface area contributed by atoms with Crippen LogP contribution in [-0.2, 0) is 6.61 Å². The van der Waals surface area contributed by atoms with Crippen LogP contribution in [0.4, 0.5) is 0 Å². The van der Waals surface area contributed by atoms with Gasteiger partial charge in [0.25, 0.3) is 5.91 Å². The molecule has 0 aromatic heterocycles. The van der Waals surface area contributed by atoms with Crippen LogP contribution < -0.4 is 10.1 Å². The van der Waals surface area contributed by atoms with E-state index < -0.39 is 0 Å². The number of carbonyl (C=O) groups excluding carboxylic acids is 1. The Morgan fingerprint density at radius 3 is 2.59 bits per heavy atom. The summed E-state index contributed by atoms with van der Waals surface area (Å²) in [4.78, 5) is 14.4. The van der Waals surface area contributed by atoms with Gasteiger partial charge in [-0.3, -0.25) is 4.79 Å². The number of nitrogens with zero attached hydrogens (tertiary/aromatic N) is 1. The molecule has 0 atom stereocenters. The van der Waals surface area contributed by atoms with Crippen LogP contribution in [-0.4, -0.2) is 38.0 Å². The Morgan fingerprint density at radius 1 is 0.963 bits per heavy atom. The Kier molecular flexibility index (Phi) is 6.44. The summed E-state index contributed by atoms with van der Waals surface area (Å²) >= 11 is 0. The van der Waals surface area contributed by atoms with E-state index in [0.29, 0.717) is 18.7 Å². The molecule has 3 aromatic carbocycles. The van der Waals surface area contributed by atoms with Crippen molar-refractivity contribution in [2.24, 2.45) is 0 Å². The third-order valence-corrected chi connectivity index (χ3v) is 4.38. The maximum absolute atomic E-state index is 12.3. The van der Waals surface area contributed by atoms with E-state index in [1.54, 1.807) is 0 Å². The standard InChI is InChI=1S/C23H26N2O2/c1-25(2)14-6-13-24-23(26)21-10-5-7-18(15-21)17-27-22-12-11-19-8-3-4-9-20(19)16-22/h3-5,7-12,15-16H,6,13-14,17H2,1-2H3,(H,24,26). The molecule has 140 valence electrons. The third-order valence-electron chi connectivity index (χ3n) is 4.38. The molecule has 0 radical (unpaired) electrons. The molecular formula is C23H26N2O2. The van der Waals surface area contributed by atoms with Crippen molar-refractivity contribution in [3.8, 4) is 5.75 Å². The van der Waals surface area contributed by atoms with Crippen molar-refractivity contribution < 1.29 is 9.53 Å². The first-order valence-electron chi connectivity index (χ1n) is 9.25. The van der Waals surface area contributed by atoms with Crippen molar-refractivity contribution in [1.29, 1.82) is 0 Å². The van der Waals surface area contributed by atoms with Crippen molar-refractivity contribution in [2.75, 3.05) is 27.2 Å². The predicted octanol–water partition coefficient (Wildman–Crippen LogP) is 4.10. The van der Waals surface area contributed by atoms with E-state index in [1.807, 2.05) is 62.6 Å². The van der Waals surface area contributed by atoms with E-state index >= 15 is 0 Å². The van der Waals surface area contributed by atoms with Gasteiger partial charge in [0.1, 0.15) is 12.4 Å². The largest absolute Gasteiger partial charge is 0.489 e. The molecule has 4 heteroatoms. The van der Waals surface area contributed by atoms with E-state index in [-0.39, 0.29) is 5.91 Å². The van der Waals surface area contributed by atoms with E-state index in [1.165, 1.54) is 5.39 Å². The first kappa shape index (κ1) is 18.9. The van der Waals surface area contributed by atoms with Crippen LogP contribution >= 0.6 is 0 Å². The van der Waals surface area contributed by atoms with Gasteiger partial charge in [-0.25, -0.2) is 0 Å². The molecule has 1 N–H and O–H groups in total. The first-order valence-corrected chi connectivity index (χ1v) is 9.25. The minimum absolute atomic E-state index is 0.0405. The summed E-state index contributed by atoms with van der Waals surface area (Å²) in [5.41, 5.74) is 1.64. The first-order chi connectivity index (χ1) is 13.1. The van der Waals surface area contributed by atoms with Crippen LogP contribution in [0.3, 0.4) is 0 Å². The zero-order valence-corrected chi connectivity index (χ0v) is 15.9. The second-order valence-corrected chi connectivity index (χ2v) is 6.91. The van der Waals surface area contributed by atoms with Crippen LogP contribution in [0.15, 0.2) is 66.7 Å². The van der Waals surface area contributed by atoms with Gasteiger partial charge in [-0.1, -0.05) is 42.5 Å². The smallest absolute Gasteiger partial charge is 0.251 e. The van der Waals surface area contributed by atoms with Gasteiger partial charge < -0.3 is 15.0 Å². The second-order valence-electron chi connectivity index (χ2n) is 6.91. The molecule has 0 saturated heterocycles. The zero-order chi connectivity index (χ0) is 19.1. The number of ether oxygens (including phenoxy) is 1. The van der Waals surface area contributed by atoms with Crippen molar-refractivity contribution in [3.05, 3.63) is 77.9 Å². The van der Waals surface area contributed by atoms with E-state index in [4.69, 9.17) is 4.74 Å². The minimum Gasteiger partial charge on any atom is -0.489 e. The molecule has 0 heterocycles. The average Bonchev–Trinajstić information content (AvgIpc) is 2.69. The lowest BCUT2D eigenvalue weighted by Crippen LogP contribution is -2.27. The summed E-state index contributed by atoms with van der Waals surface area (Å²) in [5, 5.41) is 5.31. The van der Waals surface area contributed by atoms with Crippen molar-refractivity contribution >= 4 is 16.7 Å². The molecule has 3 aromatic rings. The van der Waals surface area contributed by atoms with Crippen LogP contribution in [0.25, 0.3) is 10.8 Å². The quantitative estimate of drug-likeness (QED) is 0.614. The third kappa shape index (κ3) is 5.56. The number of amides is 1. The second kappa shape index (κ2) is 9.19. The van der Waals surface area contributed by atoms with Gasteiger partial charge in [-0.15, -0.1) is 0 Å². The van der Waals surface area contributed by atoms with E-state index in [0.717, 1.165) is 29.7 Å². The molecule has 3 rings (SSSR count). The van der Waals surface area contributed by atoms with Gasteiger partial charge in [0.05, 0.1) is 0 Å². The number of nitrogens with one attached hydrogen (secondary N) is 1. The maximum atomic E-state index is 12.3. The van der Waals surface area contributed by atoms with Gasteiger partial charge >= 0.3 is 0 Å². The SMILES string of the molecule is CN(C)CCCNC(=O)c1cccc(COc2ccc3ccccc3c2)c1. The van der Waals surface area contributed by atoms with Crippen molar-refractivity contribution in [3.63, 3.8) is 0 Å². The Bertz CT molecular complexity index is 906. The minimum atomic E-state index is -0.0405. The fourth-order valence-corrected chi connectivity index (χ4v) is 2.93. The maximum Gasteiger partial charge on any atom is 0.251 e. The van der Waals surface area contributed by atoms with Gasteiger partial charge in [-0.2, -0.15) is 0 Å². The molecule has 0 aliphatic rings. The molecule has 0 aliphatic carbocycles. The van der Waals surface area contributed by atoms with E-state index in [2.05, 4.69) is 28.4 Å². The zero-order valence-electron chi connectivity index (χ0n) is 15.9. The molecule has 0 aliphatic heterocycles. The van der Waals surface area contributed by atoms with Crippen molar-refractivity contribution in [1.82, 2.24) is 10.2 Å². The molecule has 0 spiro atoms. The summed E-state index contributed by atoms with van der Waals surface area (Å²) in [5.74, 6) is 0.786. The predicted molar refractivity (Wildman–Crippen MR) is 110 cm³/mol. The summed E-state index contributed by atoms with van der Waals surface area (Å²) < 4.78 is 5.92. The summed E-state index contributed by atoms with van der Waals surface area (Å²) in [6.45, 7) is 2.06. The van der Waals surface area contributed by atoms with Gasteiger partial charge in [0.2, 0.25) is 0 Å². The Morgan fingerprint density at radius 2 is 1.78 bits per heavy atom. The van der Waals surface area contributed by atoms with E-state index in [9.17, 15) is 4.79 Å². The highest BCUT2D eigenvalue weighted by molar-refractivity contribution is 5.94. The molecule has 0 bridgehead atoms. The lowest BCUT2D eigenvalue weighted by atomic mass is 10.1. The van der Waals surface area contributed by atoms with Gasteiger partial charge in [0, 0.05) is 12.1 Å². The highest BCUT2D eigenvalue weighted by Gasteiger charge is 2.06. The van der Waals surface area contributed by atoms with Crippen molar-refractivity contribution in [2.45, 2.75) is 13.0 Å². The fourth-order valence-electron chi connectivity index (χ4n) is 2.93. The monoisotopic (exact) mass is 362 g/mol. The summed E-state index contributed by atoms with van der Waals surface area (Å²) in [7, 11) is 4.06. The Balaban J connectivity index is 1.57. The molecule has 0 unspecified atom stereocenters. The summed E-state index contributed by atoms with van der Waals surface area (Å²) in [6, 6.07) is 21.9. The molecule has 4 nitrogen and oxygen atoms in total. The number of hydrogen-bond donors (Lipinski definition) is 1. The topological polar surface area (TPSA) is 41.6 Å². The lowest BCUT2D eigenvalue weighted by Gasteiger charge is -2.11. The van der Waals surface area contributed by atoms with Crippen LogP contribution in [0.5, 0.6) is 5.75 Å². The average molecular weight is 362 g/mol. The number of hydrogen-bond acceptors (Lipinski definition) is 3. The van der Waals surface area contributed by atoms with Gasteiger partial charge in [0.15, 0.2) is 0 Å². The highest BCUT2D eigenvalue weighted by atomic mass is 16.5. The number of benzene rings is 3. The van der Waals surface area contributed by atoms with Gasteiger partial charge in [-0.05, 0) is 67.7 Å². The number of carbonyl (C=O) groups is 1. The Hall–Kier alpha value is -2.85. The van der Waals surface area contributed by atoms with Crippen LogP contribution in [0, 0.1) is 0 Å². The molecule has 1 amide bonds. The molecule has 0 fully saturated rings.